The van der Waals surface area contributed by atoms with Gasteiger partial charge in [0, 0.05) is 36.3 Å². The van der Waals surface area contributed by atoms with Crippen LogP contribution in [-0.4, -0.2) is 52.6 Å². The van der Waals surface area contributed by atoms with Gasteiger partial charge in [-0.25, -0.2) is 10.5 Å². The summed E-state index contributed by atoms with van der Waals surface area (Å²) in [7, 11) is 0. The van der Waals surface area contributed by atoms with Crippen molar-refractivity contribution in [1.29, 1.82) is 0 Å². The summed E-state index contributed by atoms with van der Waals surface area (Å²) >= 11 is 1.73. The van der Waals surface area contributed by atoms with E-state index in [1.807, 2.05) is 4.90 Å². The average molecular weight is 421 g/mol. The Balaban J connectivity index is 1.38. The first-order chi connectivity index (χ1) is 13.7. The summed E-state index contributed by atoms with van der Waals surface area (Å²) in [5.41, 5.74) is 3.11. The van der Waals surface area contributed by atoms with Gasteiger partial charge in [-0.2, -0.15) is 0 Å². The number of amides is 2. The first-order valence-electron chi connectivity index (χ1n) is 10.6. The minimum atomic E-state index is -0.544. The van der Waals surface area contributed by atoms with Crippen LogP contribution in [0, 0.1) is 11.3 Å². The topological polar surface area (TPSA) is 94.6 Å². The molecule has 1 aromatic heterocycles. The highest BCUT2D eigenvalue weighted by molar-refractivity contribution is 7.09. The van der Waals surface area contributed by atoms with Crippen molar-refractivity contribution in [3.63, 3.8) is 0 Å². The lowest BCUT2D eigenvalue weighted by molar-refractivity contribution is -0.145. The van der Waals surface area contributed by atoms with Crippen molar-refractivity contribution in [3.05, 3.63) is 16.1 Å². The van der Waals surface area contributed by atoms with E-state index in [0.29, 0.717) is 25.4 Å². The van der Waals surface area contributed by atoms with Crippen LogP contribution in [-0.2, 0) is 15.0 Å². The average Bonchev–Trinajstić information content (AvgIpc) is 3.25. The fraction of sp³-hybridized carbons (Fsp3) is 0.762. The Hall–Kier alpha value is -1.51. The molecule has 8 heteroatoms. The molecule has 2 unspecified atom stereocenters. The van der Waals surface area contributed by atoms with Crippen LogP contribution in [0.25, 0.3) is 0 Å². The largest absolute Gasteiger partial charge is 0.341 e. The number of nitrogens with one attached hydrogen (secondary N) is 2. The van der Waals surface area contributed by atoms with Crippen molar-refractivity contribution in [2.24, 2.45) is 11.3 Å². The molecule has 2 amide bonds. The van der Waals surface area contributed by atoms with Crippen LogP contribution in [0.4, 0.5) is 0 Å². The number of hydrogen-bond donors (Lipinski definition) is 3. The number of thiazole rings is 1. The SMILES string of the molecule is CC(C)(C)c1csc(C2CCN(C(=O)C3NCC4(CC4)CC3C(=O)NO)CC2)n1. The lowest BCUT2D eigenvalue weighted by atomic mass is 9.81. The van der Waals surface area contributed by atoms with E-state index in [9.17, 15) is 9.59 Å². The molecule has 1 saturated carbocycles. The number of likely N-dealkylation sites (tertiary alicyclic amines) is 1. The summed E-state index contributed by atoms with van der Waals surface area (Å²) in [6, 6.07) is -0.544. The van der Waals surface area contributed by atoms with Crippen molar-refractivity contribution in [1.82, 2.24) is 20.7 Å². The molecule has 0 bridgehead atoms. The fourth-order valence-corrected chi connectivity index (χ4v) is 5.85. The number of hydroxylamine groups is 1. The smallest absolute Gasteiger partial charge is 0.248 e. The molecular formula is C21H32N4O3S. The van der Waals surface area contributed by atoms with Gasteiger partial charge in [-0.1, -0.05) is 20.8 Å². The van der Waals surface area contributed by atoms with Crippen LogP contribution in [0.1, 0.15) is 69.5 Å². The summed E-state index contributed by atoms with van der Waals surface area (Å²) in [5, 5.41) is 15.8. The maximum Gasteiger partial charge on any atom is 0.248 e. The number of hydrogen-bond acceptors (Lipinski definition) is 6. The van der Waals surface area contributed by atoms with Gasteiger partial charge in [0.1, 0.15) is 0 Å². The number of carbonyl (C=O) groups is 2. The third-order valence-corrected chi connectivity index (χ3v) is 7.88. The van der Waals surface area contributed by atoms with E-state index in [2.05, 4.69) is 31.5 Å². The van der Waals surface area contributed by atoms with Gasteiger partial charge < -0.3 is 10.2 Å². The molecule has 3 fully saturated rings. The van der Waals surface area contributed by atoms with E-state index in [0.717, 1.165) is 37.9 Å². The first-order valence-corrected chi connectivity index (χ1v) is 11.5. The normalized spacial score (nSPS) is 27.1. The van der Waals surface area contributed by atoms with E-state index in [4.69, 9.17) is 10.2 Å². The molecule has 160 valence electrons. The molecule has 4 rings (SSSR count). The van der Waals surface area contributed by atoms with Crippen LogP contribution in [0.5, 0.6) is 0 Å². The van der Waals surface area contributed by atoms with Gasteiger partial charge in [0.25, 0.3) is 0 Å². The van der Waals surface area contributed by atoms with Gasteiger partial charge in [0.15, 0.2) is 0 Å². The van der Waals surface area contributed by atoms with Gasteiger partial charge in [0.2, 0.25) is 11.8 Å². The van der Waals surface area contributed by atoms with Gasteiger partial charge >= 0.3 is 0 Å². The predicted molar refractivity (Wildman–Crippen MR) is 111 cm³/mol. The lowest BCUT2D eigenvalue weighted by Crippen LogP contribution is -2.59. The Morgan fingerprint density at radius 2 is 2.00 bits per heavy atom. The summed E-state index contributed by atoms with van der Waals surface area (Å²) in [6.45, 7) is 8.68. The molecule has 0 aromatic carbocycles. The molecular weight excluding hydrogens is 388 g/mol. The highest BCUT2D eigenvalue weighted by Gasteiger charge is 2.52. The molecule has 0 radical (unpaired) electrons. The van der Waals surface area contributed by atoms with Crippen LogP contribution >= 0.6 is 11.3 Å². The second kappa shape index (κ2) is 7.63. The van der Waals surface area contributed by atoms with Crippen molar-refractivity contribution < 1.29 is 14.8 Å². The van der Waals surface area contributed by atoms with Gasteiger partial charge in [0.05, 0.1) is 22.7 Å². The summed E-state index contributed by atoms with van der Waals surface area (Å²) in [4.78, 5) is 32.1. The van der Waals surface area contributed by atoms with Crippen LogP contribution in [0.3, 0.4) is 0 Å². The van der Waals surface area contributed by atoms with Gasteiger partial charge in [-0.15, -0.1) is 11.3 Å². The van der Waals surface area contributed by atoms with E-state index in [1.54, 1.807) is 16.8 Å². The Morgan fingerprint density at radius 1 is 1.31 bits per heavy atom. The lowest BCUT2D eigenvalue weighted by Gasteiger charge is -2.39. The predicted octanol–water partition coefficient (Wildman–Crippen LogP) is 2.41. The minimum Gasteiger partial charge on any atom is -0.341 e. The summed E-state index contributed by atoms with van der Waals surface area (Å²) < 4.78 is 0. The third-order valence-electron chi connectivity index (χ3n) is 6.87. The van der Waals surface area contributed by atoms with Crippen LogP contribution in [0.2, 0.25) is 0 Å². The van der Waals surface area contributed by atoms with E-state index in [-0.39, 0.29) is 16.7 Å². The van der Waals surface area contributed by atoms with Crippen molar-refractivity contribution >= 4 is 23.2 Å². The quantitative estimate of drug-likeness (QED) is 0.516. The number of carbonyl (C=O) groups excluding carboxylic acids is 2. The maximum atomic E-state index is 13.2. The van der Waals surface area contributed by atoms with E-state index in [1.165, 1.54) is 5.01 Å². The second-order valence-corrected chi connectivity index (χ2v) is 11.0. The molecule has 3 heterocycles. The van der Waals surface area contributed by atoms with Crippen molar-refractivity contribution in [3.8, 4) is 0 Å². The molecule has 1 aliphatic carbocycles. The first kappa shape index (κ1) is 20.8. The summed E-state index contributed by atoms with van der Waals surface area (Å²) in [6.07, 6.45) is 4.65. The minimum absolute atomic E-state index is 0.0120. The van der Waals surface area contributed by atoms with Gasteiger partial charge in [-0.3, -0.25) is 14.8 Å². The Labute approximate surface area is 176 Å². The van der Waals surface area contributed by atoms with Crippen LogP contribution < -0.4 is 10.8 Å². The summed E-state index contributed by atoms with van der Waals surface area (Å²) in [5.74, 6) is -0.572. The number of rotatable bonds is 3. The van der Waals surface area contributed by atoms with E-state index >= 15 is 0 Å². The van der Waals surface area contributed by atoms with Crippen molar-refractivity contribution in [2.45, 2.75) is 70.3 Å². The zero-order chi connectivity index (χ0) is 20.8. The molecule has 2 aliphatic heterocycles. The molecule has 7 nitrogen and oxygen atoms in total. The highest BCUT2D eigenvalue weighted by atomic mass is 32.1. The van der Waals surface area contributed by atoms with Crippen molar-refractivity contribution in [2.75, 3.05) is 19.6 Å². The van der Waals surface area contributed by atoms with Crippen LogP contribution in [0.15, 0.2) is 5.38 Å². The molecule has 1 spiro atoms. The maximum absolute atomic E-state index is 13.2. The monoisotopic (exact) mass is 420 g/mol. The Kier molecular flexibility index (Phi) is 5.46. The standard InChI is InChI=1S/C21H32N4O3S/c1-20(2,3)15-11-29-18(23-15)13-4-8-25(9-5-13)19(27)16-14(17(26)24-28)10-21(6-7-21)12-22-16/h11,13-14,16,22,28H,4-10,12H2,1-3H3,(H,24,26). The molecule has 3 aliphatic rings. The molecule has 2 saturated heterocycles. The molecule has 29 heavy (non-hydrogen) atoms. The fourth-order valence-electron chi connectivity index (χ4n) is 4.63. The number of aromatic nitrogens is 1. The Bertz CT molecular complexity index is 775. The molecule has 1 aromatic rings. The molecule has 3 N–H and O–H groups in total. The zero-order valence-corrected chi connectivity index (χ0v) is 18.3. The number of piperidine rings is 2. The van der Waals surface area contributed by atoms with Gasteiger partial charge in [-0.05, 0) is 37.5 Å². The number of nitrogens with zero attached hydrogens (tertiary/aromatic N) is 2. The third kappa shape index (κ3) is 4.20. The second-order valence-electron chi connectivity index (χ2n) is 10.1. The molecule has 2 atom stereocenters. The Morgan fingerprint density at radius 3 is 2.55 bits per heavy atom. The van der Waals surface area contributed by atoms with E-state index < -0.39 is 17.9 Å². The highest BCUT2D eigenvalue weighted by Crippen LogP contribution is 2.52. The zero-order valence-electron chi connectivity index (χ0n) is 17.5.